The minimum absolute atomic E-state index is 1.05. The van der Waals surface area contributed by atoms with Crippen molar-refractivity contribution in [1.82, 2.24) is 5.32 Å². The molecule has 0 unspecified atom stereocenters. The summed E-state index contributed by atoms with van der Waals surface area (Å²) in [6, 6.07) is 0. The van der Waals surface area contributed by atoms with Gasteiger partial charge in [0.1, 0.15) is 0 Å². The maximum Gasteiger partial charge on any atom is 0.0138 e. The van der Waals surface area contributed by atoms with Crippen molar-refractivity contribution in [3.05, 3.63) is 19.2 Å². The summed E-state index contributed by atoms with van der Waals surface area (Å²) in [5, 5.41) is 3.04. The average Bonchev–Trinajstić information content (AvgIpc) is 1.69. The van der Waals surface area contributed by atoms with Gasteiger partial charge in [0.2, 0.25) is 0 Å². The normalized spacial score (nSPS) is 10.0. The van der Waals surface area contributed by atoms with Crippen molar-refractivity contribution in [3.8, 4) is 0 Å². The summed E-state index contributed by atoms with van der Waals surface area (Å²) in [7, 11) is 0. The van der Waals surface area contributed by atoms with Crippen molar-refractivity contribution < 1.29 is 0 Å². The molecule has 0 aromatic heterocycles. The number of rotatable bonds is 3. The summed E-state index contributed by atoms with van der Waals surface area (Å²) in [6.07, 6.45) is 4.77. The Labute approximate surface area is 45.4 Å². The van der Waals surface area contributed by atoms with E-state index in [0.29, 0.717) is 0 Å². The summed E-state index contributed by atoms with van der Waals surface area (Å²) in [4.78, 5) is 0. The van der Waals surface area contributed by atoms with E-state index < -0.39 is 0 Å². The minimum atomic E-state index is 1.05. The topological polar surface area (TPSA) is 12.0 Å². The van der Waals surface area contributed by atoms with Gasteiger partial charge in [-0.15, -0.1) is 0 Å². The molecule has 0 saturated heterocycles. The van der Waals surface area contributed by atoms with Gasteiger partial charge in [-0.2, -0.15) is 0 Å². The number of allylic oxidation sites excluding steroid dienone is 1. The van der Waals surface area contributed by atoms with E-state index in [1.807, 2.05) is 6.20 Å². The Hall–Kier alpha value is -0.460. The quantitative estimate of drug-likeness (QED) is 0.525. The first-order valence-electron chi connectivity index (χ1n) is 2.59. The largest absolute Gasteiger partial charge is 0.391 e. The van der Waals surface area contributed by atoms with Crippen LogP contribution in [0.2, 0.25) is 0 Å². The molecule has 0 heterocycles. The molecular weight excluding hydrogens is 86.1 g/mol. The SMILES string of the molecule is [CH2]/C=C/NCCC. The molecule has 1 N–H and O–H groups in total. The highest BCUT2D eigenvalue weighted by molar-refractivity contribution is 4.80. The van der Waals surface area contributed by atoms with Gasteiger partial charge in [0.25, 0.3) is 0 Å². The molecule has 0 aliphatic rings. The number of hydrogen-bond acceptors (Lipinski definition) is 1. The average molecular weight is 98.2 g/mol. The van der Waals surface area contributed by atoms with Crippen molar-refractivity contribution in [2.75, 3.05) is 6.54 Å². The van der Waals surface area contributed by atoms with E-state index >= 15 is 0 Å². The molecule has 7 heavy (non-hydrogen) atoms. The van der Waals surface area contributed by atoms with Gasteiger partial charge in [-0.25, -0.2) is 0 Å². The molecule has 0 amide bonds. The Morgan fingerprint density at radius 2 is 2.43 bits per heavy atom. The molecule has 0 aliphatic heterocycles. The third-order valence-corrected chi connectivity index (χ3v) is 0.630. The molecule has 0 fully saturated rings. The highest BCUT2D eigenvalue weighted by Crippen LogP contribution is 1.68. The van der Waals surface area contributed by atoms with Crippen LogP contribution in [0.5, 0.6) is 0 Å². The standard InChI is InChI=1S/C6H12N/c1-3-5-7-6-4-2/h3,5,7H,1,4,6H2,2H3/b5-3+. The fourth-order valence-corrected chi connectivity index (χ4v) is 0.311. The van der Waals surface area contributed by atoms with Gasteiger partial charge < -0.3 is 5.32 Å². The van der Waals surface area contributed by atoms with Crippen LogP contribution in [0.4, 0.5) is 0 Å². The van der Waals surface area contributed by atoms with Gasteiger partial charge in [-0.3, -0.25) is 0 Å². The zero-order valence-electron chi connectivity index (χ0n) is 4.78. The Morgan fingerprint density at radius 3 is 2.86 bits per heavy atom. The Balaban J connectivity index is 2.69. The number of nitrogens with one attached hydrogen (secondary N) is 1. The molecule has 0 saturated carbocycles. The minimum Gasteiger partial charge on any atom is -0.391 e. The predicted octanol–water partition coefficient (Wildman–Crippen LogP) is 1.33. The van der Waals surface area contributed by atoms with Gasteiger partial charge >= 0.3 is 0 Å². The van der Waals surface area contributed by atoms with E-state index in [-0.39, 0.29) is 0 Å². The molecule has 0 aromatic rings. The molecular formula is C6H12N. The van der Waals surface area contributed by atoms with Crippen molar-refractivity contribution in [2.45, 2.75) is 13.3 Å². The molecule has 0 aliphatic carbocycles. The molecule has 0 aromatic carbocycles. The smallest absolute Gasteiger partial charge is 0.0138 e. The van der Waals surface area contributed by atoms with Gasteiger partial charge in [0.15, 0.2) is 0 Å². The van der Waals surface area contributed by atoms with Crippen molar-refractivity contribution in [3.63, 3.8) is 0 Å². The number of hydrogen-bond donors (Lipinski definition) is 1. The van der Waals surface area contributed by atoms with Crippen LogP contribution in [-0.2, 0) is 0 Å². The third kappa shape index (κ3) is 5.54. The molecule has 0 spiro atoms. The third-order valence-electron chi connectivity index (χ3n) is 0.630. The summed E-state index contributed by atoms with van der Waals surface area (Å²) < 4.78 is 0. The van der Waals surface area contributed by atoms with Crippen LogP contribution in [-0.4, -0.2) is 6.54 Å². The second kappa shape index (κ2) is 5.54. The van der Waals surface area contributed by atoms with Crippen LogP contribution in [0.15, 0.2) is 12.3 Å². The first kappa shape index (κ1) is 6.54. The van der Waals surface area contributed by atoms with Gasteiger partial charge in [0, 0.05) is 6.54 Å². The van der Waals surface area contributed by atoms with E-state index in [2.05, 4.69) is 19.2 Å². The lowest BCUT2D eigenvalue weighted by atomic mass is 10.5. The molecule has 1 radical (unpaired) electrons. The van der Waals surface area contributed by atoms with Crippen molar-refractivity contribution in [2.24, 2.45) is 0 Å². The lowest BCUT2D eigenvalue weighted by molar-refractivity contribution is 0.809. The van der Waals surface area contributed by atoms with E-state index in [1.54, 1.807) is 6.08 Å². The van der Waals surface area contributed by atoms with Crippen LogP contribution >= 0.6 is 0 Å². The first-order chi connectivity index (χ1) is 3.41. The van der Waals surface area contributed by atoms with E-state index in [4.69, 9.17) is 0 Å². The second-order valence-corrected chi connectivity index (χ2v) is 1.36. The van der Waals surface area contributed by atoms with Crippen LogP contribution in [0, 0.1) is 6.92 Å². The lowest BCUT2D eigenvalue weighted by Gasteiger charge is -1.91. The summed E-state index contributed by atoms with van der Waals surface area (Å²) in [6.45, 7) is 6.69. The van der Waals surface area contributed by atoms with Crippen LogP contribution in [0.3, 0.4) is 0 Å². The zero-order chi connectivity index (χ0) is 5.54. The highest BCUT2D eigenvalue weighted by atomic mass is 14.8. The van der Waals surface area contributed by atoms with Gasteiger partial charge in [-0.1, -0.05) is 13.0 Å². The highest BCUT2D eigenvalue weighted by Gasteiger charge is 1.68. The fraction of sp³-hybridized carbons (Fsp3) is 0.500. The van der Waals surface area contributed by atoms with Crippen LogP contribution in [0.25, 0.3) is 0 Å². The van der Waals surface area contributed by atoms with Gasteiger partial charge in [0.05, 0.1) is 0 Å². The fourth-order valence-electron chi connectivity index (χ4n) is 0.311. The maximum atomic E-state index is 3.51. The second-order valence-electron chi connectivity index (χ2n) is 1.36. The monoisotopic (exact) mass is 98.1 g/mol. The van der Waals surface area contributed by atoms with Gasteiger partial charge in [-0.05, 0) is 19.5 Å². The van der Waals surface area contributed by atoms with Crippen molar-refractivity contribution >= 4 is 0 Å². The Kier molecular flexibility index (Phi) is 5.18. The molecule has 1 heteroatoms. The maximum absolute atomic E-state index is 3.51. The van der Waals surface area contributed by atoms with Crippen LogP contribution in [0.1, 0.15) is 13.3 Å². The summed E-state index contributed by atoms with van der Waals surface area (Å²) >= 11 is 0. The summed E-state index contributed by atoms with van der Waals surface area (Å²) in [5.74, 6) is 0. The van der Waals surface area contributed by atoms with E-state index in [0.717, 1.165) is 6.54 Å². The lowest BCUT2D eigenvalue weighted by Crippen LogP contribution is -2.03. The molecule has 0 rings (SSSR count). The Bertz CT molecular complexity index is 48.1. The molecule has 41 valence electrons. The molecule has 0 atom stereocenters. The Morgan fingerprint density at radius 1 is 1.71 bits per heavy atom. The summed E-state index contributed by atoms with van der Waals surface area (Å²) in [5.41, 5.74) is 0. The van der Waals surface area contributed by atoms with Crippen LogP contribution < -0.4 is 5.32 Å². The van der Waals surface area contributed by atoms with Crippen molar-refractivity contribution in [1.29, 1.82) is 0 Å². The van der Waals surface area contributed by atoms with E-state index in [9.17, 15) is 0 Å². The zero-order valence-corrected chi connectivity index (χ0v) is 4.78. The first-order valence-corrected chi connectivity index (χ1v) is 2.59. The van der Waals surface area contributed by atoms with E-state index in [1.165, 1.54) is 6.42 Å². The molecule has 0 bridgehead atoms. The predicted molar refractivity (Wildman–Crippen MR) is 32.8 cm³/mol. The molecule has 1 nitrogen and oxygen atoms in total.